The first-order valence-electron chi connectivity index (χ1n) is 9.89. The number of pyridine rings is 1. The number of halogens is 3. The van der Waals surface area contributed by atoms with Crippen molar-refractivity contribution in [2.45, 2.75) is 5.51 Å². The second-order valence-corrected chi connectivity index (χ2v) is 8.57. The van der Waals surface area contributed by atoms with E-state index in [9.17, 15) is 31.6 Å². The quantitative estimate of drug-likeness (QED) is 0.300. The lowest BCUT2D eigenvalue weighted by atomic mass is 10.2. The highest BCUT2D eigenvalue weighted by molar-refractivity contribution is 7.88. The van der Waals surface area contributed by atoms with Crippen LogP contribution >= 0.6 is 0 Å². The number of aromatic nitrogens is 3. The van der Waals surface area contributed by atoms with Gasteiger partial charge in [0.05, 0.1) is 23.9 Å². The number of nitrogens with one attached hydrogen (secondary N) is 1. The summed E-state index contributed by atoms with van der Waals surface area (Å²) in [6.07, 6.45) is 0.945. The lowest BCUT2D eigenvalue weighted by molar-refractivity contribution is -0.0499. The number of alkyl halides is 3. The van der Waals surface area contributed by atoms with Crippen LogP contribution in [-0.2, 0) is 10.1 Å². The smallest absolute Gasteiger partial charge is 0.495 e. The van der Waals surface area contributed by atoms with E-state index in [1.165, 1.54) is 25.3 Å². The number of nitrogens with zero attached hydrogens (tertiary/aromatic N) is 4. The Hall–Kier alpha value is -4.64. The number of benzene rings is 2. The molecule has 0 unspecified atom stereocenters. The van der Waals surface area contributed by atoms with E-state index < -0.39 is 37.9 Å². The van der Waals surface area contributed by atoms with Crippen molar-refractivity contribution in [2.24, 2.45) is 0 Å². The highest BCUT2D eigenvalue weighted by atomic mass is 32.2. The molecule has 0 bridgehead atoms. The molecule has 1 N–H and O–H groups in total. The van der Waals surface area contributed by atoms with Crippen LogP contribution in [0.3, 0.4) is 0 Å². The highest BCUT2D eigenvalue weighted by Gasteiger charge is 2.49. The predicted octanol–water partition coefficient (Wildman–Crippen LogP) is 3.63. The van der Waals surface area contributed by atoms with Crippen molar-refractivity contribution >= 4 is 32.8 Å². The second-order valence-electron chi connectivity index (χ2n) is 7.03. The van der Waals surface area contributed by atoms with Crippen molar-refractivity contribution in [3.8, 4) is 23.3 Å². The van der Waals surface area contributed by atoms with Gasteiger partial charge in [0.2, 0.25) is 5.95 Å². The van der Waals surface area contributed by atoms with Gasteiger partial charge in [-0.15, -0.1) is 0 Å². The van der Waals surface area contributed by atoms with Crippen LogP contribution in [-0.4, -0.2) is 35.6 Å². The van der Waals surface area contributed by atoms with Crippen molar-refractivity contribution in [1.82, 2.24) is 14.5 Å². The molecule has 4 rings (SSSR count). The fraction of sp³-hybridized carbons (Fsp3) is 0.0909. The third-order valence-corrected chi connectivity index (χ3v) is 5.78. The third kappa shape index (κ3) is 4.39. The predicted molar refractivity (Wildman–Crippen MR) is 122 cm³/mol. The van der Waals surface area contributed by atoms with Gasteiger partial charge in [0.15, 0.2) is 17.0 Å². The number of hydrogen-bond acceptors (Lipinski definition) is 9. The Kier molecular flexibility index (Phi) is 6.25. The summed E-state index contributed by atoms with van der Waals surface area (Å²) < 4.78 is 73.1. The first-order chi connectivity index (χ1) is 17.1. The van der Waals surface area contributed by atoms with Gasteiger partial charge in [-0.05, 0) is 24.3 Å². The fourth-order valence-corrected chi connectivity index (χ4v) is 3.72. The Bertz CT molecular complexity index is 1670. The molecule has 36 heavy (non-hydrogen) atoms. The summed E-state index contributed by atoms with van der Waals surface area (Å²) in [6.45, 7) is 0. The van der Waals surface area contributed by atoms with Gasteiger partial charge in [-0.2, -0.15) is 31.8 Å². The second kappa shape index (κ2) is 9.19. The summed E-state index contributed by atoms with van der Waals surface area (Å²) in [5, 5.41) is 12.0. The van der Waals surface area contributed by atoms with Gasteiger partial charge in [-0.25, -0.2) is 4.98 Å². The molecule has 2 aromatic carbocycles. The maximum atomic E-state index is 13.2. The molecule has 10 nitrogen and oxygen atoms in total. The zero-order chi connectivity index (χ0) is 26.1. The van der Waals surface area contributed by atoms with Crippen molar-refractivity contribution in [3.63, 3.8) is 0 Å². The zero-order valence-electron chi connectivity index (χ0n) is 18.1. The van der Waals surface area contributed by atoms with E-state index in [1.807, 2.05) is 0 Å². The molecule has 0 fully saturated rings. The molecular weight excluding hydrogens is 503 g/mol. The average Bonchev–Trinajstić information content (AvgIpc) is 2.84. The van der Waals surface area contributed by atoms with Crippen LogP contribution in [0, 0.1) is 11.3 Å². The van der Waals surface area contributed by atoms with Crippen LogP contribution in [0.5, 0.6) is 11.5 Å². The van der Waals surface area contributed by atoms with Gasteiger partial charge < -0.3 is 14.2 Å². The summed E-state index contributed by atoms with van der Waals surface area (Å²) in [6, 6.07) is 15.9. The normalized spacial score (nSPS) is 11.6. The molecule has 0 spiro atoms. The van der Waals surface area contributed by atoms with Crippen LogP contribution < -0.4 is 19.8 Å². The summed E-state index contributed by atoms with van der Waals surface area (Å²) in [5.41, 5.74) is -7.62. The van der Waals surface area contributed by atoms with Gasteiger partial charge in [-0.3, -0.25) is 9.36 Å². The number of methoxy groups -OCH3 is 1. The van der Waals surface area contributed by atoms with Crippen LogP contribution in [0.4, 0.5) is 24.8 Å². The van der Waals surface area contributed by atoms with E-state index in [2.05, 4.69) is 19.5 Å². The maximum absolute atomic E-state index is 13.2. The van der Waals surface area contributed by atoms with Crippen molar-refractivity contribution < 1.29 is 30.5 Å². The summed E-state index contributed by atoms with van der Waals surface area (Å²) in [5.74, 6) is -0.821. The van der Waals surface area contributed by atoms with Crippen LogP contribution in [0.2, 0.25) is 0 Å². The molecule has 2 aromatic heterocycles. The van der Waals surface area contributed by atoms with Crippen molar-refractivity contribution in [1.29, 1.82) is 5.26 Å². The molecule has 0 aliphatic carbocycles. The Morgan fingerprint density at radius 1 is 1.08 bits per heavy atom. The van der Waals surface area contributed by atoms with E-state index in [0.29, 0.717) is 11.4 Å². The van der Waals surface area contributed by atoms with Gasteiger partial charge in [0.1, 0.15) is 11.8 Å². The molecule has 184 valence electrons. The standard InChI is InChI=1S/C22H14F3N5O5S/c1-34-17-10-6-5-9-16(17)28-21-27-12-15-18(35-36(32,33)22(23,24)25)14(11-26)20(31)30(19(15)29-21)13-7-3-2-4-8-13/h2-10,12H,1H3,(H,27,28,29). The Balaban J connectivity index is 2.02. The lowest BCUT2D eigenvalue weighted by Gasteiger charge is -2.16. The number of ether oxygens (including phenoxy) is 1. The zero-order valence-corrected chi connectivity index (χ0v) is 19.0. The summed E-state index contributed by atoms with van der Waals surface area (Å²) >= 11 is 0. The van der Waals surface area contributed by atoms with Crippen molar-refractivity contribution in [2.75, 3.05) is 12.4 Å². The van der Waals surface area contributed by atoms with Crippen LogP contribution in [0.1, 0.15) is 5.56 Å². The van der Waals surface area contributed by atoms with E-state index in [-0.39, 0.29) is 17.3 Å². The summed E-state index contributed by atoms with van der Waals surface area (Å²) in [4.78, 5) is 21.5. The number of fused-ring (bicyclic) bond motifs is 1. The summed E-state index contributed by atoms with van der Waals surface area (Å²) in [7, 11) is -4.79. The van der Waals surface area contributed by atoms with E-state index in [0.717, 1.165) is 10.8 Å². The molecule has 0 aliphatic heterocycles. The van der Waals surface area contributed by atoms with Crippen LogP contribution in [0.25, 0.3) is 16.7 Å². The minimum Gasteiger partial charge on any atom is -0.495 e. The largest absolute Gasteiger partial charge is 0.534 e. The monoisotopic (exact) mass is 517 g/mol. The average molecular weight is 517 g/mol. The van der Waals surface area contributed by atoms with E-state index in [1.54, 1.807) is 42.5 Å². The SMILES string of the molecule is COc1ccccc1Nc1ncc2c(OS(=O)(=O)C(F)(F)F)c(C#N)c(=O)n(-c3ccccc3)c2n1. The molecule has 0 amide bonds. The van der Waals surface area contributed by atoms with Crippen LogP contribution in [0.15, 0.2) is 65.6 Å². The molecule has 0 atom stereocenters. The number of para-hydroxylation sites is 3. The Morgan fingerprint density at radius 3 is 2.39 bits per heavy atom. The number of hydrogen-bond donors (Lipinski definition) is 1. The lowest BCUT2D eigenvalue weighted by Crippen LogP contribution is -2.30. The minimum atomic E-state index is -6.22. The first-order valence-corrected chi connectivity index (χ1v) is 11.3. The molecule has 14 heteroatoms. The molecule has 4 aromatic rings. The van der Waals surface area contributed by atoms with Gasteiger partial charge >= 0.3 is 15.6 Å². The third-order valence-electron chi connectivity index (χ3n) is 4.83. The van der Waals surface area contributed by atoms with E-state index in [4.69, 9.17) is 4.74 Å². The molecule has 0 saturated heterocycles. The Morgan fingerprint density at radius 2 is 1.75 bits per heavy atom. The number of rotatable bonds is 6. The first kappa shape index (κ1) is 24.5. The molecule has 0 saturated carbocycles. The van der Waals surface area contributed by atoms with Crippen molar-refractivity contribution in [3.05, 3.63) is 76.7 Å². The number of anilines is 2. The topological polar surface area (TPSA) is 136 Å². The highest BCUT2D eigenvalue weighted by Crippen LogP contribution is 2.34. The Labute approximate surface area is 201 Å². The molecule has 2 heterocycles. The molecule has 0 aliphatic rings. The fourth-order valence-electron chi connectivity index (χ4n) is 3.23. The maximum Gasteiger partial charge on any atom is 0.534 e. The molecule has 0 radical (unpaired) electrons. The van der Waals surface area contributed by atoms with Gasteiger partial charge in [0, 0.05) is 6.20 Å². The van der Waals surface area contributed by atoms with Gasteiger partial charge in [0.25, 0.3) is 5.56 Å². The minimum absolute atomic E-state index is 0.106. The van der Waals surface area contributed by atoms with Gasteiger partial charge in [-0.1, -0.05) is 30.3 Å². The molecular formula is C22H14F3N5O5S. The number of nitriles is 1. The van der Waals surface area contributed by atoms with E-state index >= 15 is 0 Å².